The molecule has 0 saturated carbocycles. The quantitative estimate of drug-likeness (QED) is 0.740. The molecule has 2 N–H and O–H groups in total. The summed E-state index contributed by atoms with van der Waals surface area (Å²) in [7, 11) is 1.53. The molecule has 2 aromatic heterocycles. The third-order valence-electron chi connectivity index (χ3n) is 5.43. The van der Waals surface area contributed by atoms with Crippen LogP contribution in [0.3, 0.4) is 0 Å². The van der Waals surface area contributed by atoms with Crippen LogP contribution in [-0.4, -0.2) is 53.6 Å². The van der Waals surface area contributed by atoms with Gasteiger partial charge in [0.2, 0.25) is 10.1 Å². The second kappa shape index (κ2) is 6.43. The highest BCUT2D eigenvalue weighted by atomic mass is 32.1. The van der Waals surface area contributed by atoms with E-state index < -0.39 is 0 Å². The normalized spacial score (nSPS) is 25.1. The summed E-state index contributed by atoms with van der Waals surface area (Å²) in [4.78, 5) is 7.49. The van der Waals surface area contributed by atoms with Gasteiger partial charge in [-0.15, -0.1) is 5.10 Å². The number of halogens is 1. The van der Waals surface area contributed by atoms with E-state index in [-0.39, 0.29) is 18.0 Å². The van der Waals surface area contributed by atoms with Crippen LogP contribution in [0.25, 0.3) is 16.2 Å². The first-order valence-electron chi connectivity index (χ1n) is 8.94. The summed E-state index contributed by atoms with van der Waals surface area (Å²) >= 11 is 1.53. The van der Waals surface area contributed by atoms with Gasteiger partial charge in [0.25, 0.3) is 0 Å². The fourth-order valence-corrected chi connectivity index (χ4v) is 4.88. The molecule has 2 saturated heterocycles. The first-order chi connectivity index (χ1) is 13.1. The van der Waals surface area contributed by atoms with Crippen LogP contribution in [0.1, 0.15) is 6.42 Å². The van der Waals surface area contributed by atoms with Crippen molar-refractivity contribution >= 4 is 21.4 Å². The Kier molecular flexibility index (Phi) is 4.03. The molecule has 2 aliphatic rings. The van der Waals surface area contributed by atoms with Crippen LogP contribution < -0.4 is 15.4 Å². The molecule has 5 rings (SSSR count). The highest BCUT2D eigenvalue weighted by Gasteiger charge is 2.41. The van der Waals surface area contributed by atoms with Gasteiger partial charge in [-0.25, -0.2) is 13.9 Å². The first kappa shape index (κ1) is 16.9. The Labute approximate surface area is 159 Å². The second-order valence-corrected chi connectivity index (χ2v) is 7.93. The Morgan fingerprint density at radius 1 is 1.37 bits per heavy atom. The lowest BCUT2D eigenvalue weighted by Gasteiger charge is -2.29. The van der Waals surface area contributed by atoms with Crippen LogP contribution in [-0.2, 0) is 4.74 Å². The number of imidazole rings is 1. The van der Waals surface area contributed by atoms with Crippen LogP contribution in [0.4, 0.5) is 9.52 Å². The molecule has 142 valence electrons. The molecule has 2 fully saturated rings. The number of fused-ring (bicyclic) bond motifs is 2. The molecule has 2 aliphatic heterocycles. The van der Waals surface area contributed by atoms with Crippen LogP contribution in [0.15, 0.2) is 24.4 Å². The van der Waals surface area contributed by atoms with E-state index in [4.69, 9.17) is 20.3 Å². The van der Waals surface area contributed by atoms with Crippen LogP contribution in [0.5, 0.6) is 5.75 Å². The summed E-state index contributed by atoms with van der Waals surface area (Å²) < 4.78 is 26.6. The molecule has 1 aromatic carbocycles. The zero-order valence-corrected chi connectivity index (χ0v) is 15.7. The van der Waals surface area contributed by atoms with Gasteiger partial charge in [0.15, 0.2) is 0 Å². The van der Waals surface area contributed by atoms with Gasteiger partial charge in [-0.05, 0) is 18.6 Å². The Morgan fingerprint density at radius 2 is 2.26 bits per heavy atom. The van der Waals surface area contributed by atoms with Crippen molar-refractivity contribution in [1.82, 2.24) is 14.6 Å². The highest BCUT2D eigenvalue weighted by Crippen LogP contribution is 2.36. The molecule has 3 atom stereocenters. The molecule has 7 nitrogen and oxygen atoms in total. The molecule has 9 heteroatoms. The lowest BCUT2D eigenvalue weighted by atomic mass is 9.93. The molecule has 27 heavy (non-hydrogen) atoms. The van der Waals surface area contributed by atoms with Gasteiger partial charge in [-0.1, -0.05) is 11.3 Å². The number of hydrogen-bond acceptors (Lipinski definition) is 7. The Bertz CT molecular complexity index is 989. The number of nitrogens with zero attached hydrogens (tertiary/aromatic N) is 4. The van der Waals surface area contributed by atoms with Gasteiger partial charge in [-0.3, -0.25) is 0 Å². The number of hydrogen-bond donors (Lipinski definition) is 1. The maximum absolute atomic E-state index is 13.5. The van der Waals surface area contributed by atoms with Gasteiger partial charge in [-0.2, -0.15) is 0 Å². The Hall–Kier alpha value is -2.23. The smallest absolute Gasteiger partial charge is 0.214 e. The lowest BCUT2D eigenvalue weighted by molar-refractivity contribution is -0.00904. The van der Waals surface area contributed by atoms with Gasteiger partial charge < -0.3 is 20.1 Å². The molecule has 0 bridgehead atoms. The van der Waals surface area contributed by atoms with E-state index in [9.17, 15) is 4.39 Å². The van der Waals surface area contributed by atoms with Crippen molar-refractivity contribution in [2.75, 3.05) is 31.7 Å². The zero-order chi connectivity index (χ0) is 18.5. The van der Waals surface area contributed by atoms with E-state index in [1.165, 1.54) is 30.6 Å². The van der Waals surface area contributed by atoms with Crippen molar-refractivity contribution in [2.45, 2.75) is 18.6 Å². The topological polar surface area (TPSA) is 77.9 Å². The second-order valence-electron chi connectivity index (χ2n) is 7.00. The summed E-state index contributed by atoms with van der Waals surface area (Å²) in [5.41, 5.74) is 7.80. The Balaban J connectivity index is 1.49. The largest absolute Gasteiger partial charge is 0.496 e. The zero-order valence-electron chi connectivity index (χ0n) is 14.8. The number of benzene rings is 1. The lowest BCUT2D eigenvalue weighted by Crippen LogP contribution is -2.43. The predicted octanol–water partition coefficient (Wildman–Crippen LogP) is 2.16. The Morgan fingerprint density at radius 3 is 3.07 bits per heavy atom. The average molecular weight is 389 g/mol. The number of ether oxygens (including phenoxy) is 2. The molecule has 3 aromatic rings. The fourth-order valence-electron chi connectivity index (χ4n) is 3.98. The highest BCUT2D eigenvalue weighted by molar-refractivity contribution is 7.20. The van der Waals surface area contributed by atoms with Crippen molar-refractivity contribution in [3.8, 4) is 17.0 Å². The van der Waals surface area contributed by atoms with E-state index in [1.54, 1.807) is 16.8 Å². The number of methoxy groups -OCH3 is 1. The fraction of sp³-hybridized carbons (Fsp3) is 0.444. The predicted molar refractivity (Wildman–Crippen MR) is 101 cm³/mol. The molecule has 0 amide bonds. The van der Waals surface area contributed by atoms with E-state index >= 15 is 0 Å². The number of anilines is 1. The van der Waals surface area contributed by atoms with E-state index in [0.29, 0.717) is 11.7 Å². The first-order valence-corrected chi connectivity index (χ1v) is 9.76. The van der Waals surface area contributed by atoms with Crippen molar-refractivity contribution in [3.63, 3.8) is 0 Å². The standard InChI is InChI=1S/C18H20FN5O2S/c1-25-15-6-10(19)2-3-11(15)14-7-21-17-24(14)22-18(27-17)23-8-12-13(20)4-5-26-16(12)9-23/h2-3,6-7,12-13,16H,4-5,8-9,20H2,1H3/t12-,13-,16-/m0/s1. The van der Waals surface area contributed by atoms with Gasteiger partial charge in [0, 0.05) is 43.3 Å². The van der Waals surface area contributed by atoms with Crippen molar-refractivity contribution in [1.29, 1.82) is 0 Å². The van der Waals surface area contributed by atoms with Crippen LogP contribution in [0.2, 0.25) is 0 Å². The minimum Gasteiger partial charge on any atom is -0.496 e. The number of rotatable bonds is 3. The van der Waals surface area contributed by atoms with Crippen molar-refractivity contribution in [3.05, 3.63) is 30.2 Å². The summed E-state index contributed by atoms with van der Waals surface area (Å²) in [6, 6.07) is 4.64. The molecule has 0 unspecified atom stereocenters. The maximum Gasteiger partial charge on any atom is 0.214 e. The van der Waals surface area contributed by atoms with Gasteiger partial charge in [0.05, 0.1) is 25.1 Å². The molecule has 0 spiro atoms. The molecule has 4 heterocycles. The third-order valence-corrected chi connectivity index (χ3v) is 6.41. The third kappa shape index (κ3) is 2.77. The molecular formula is C18H20FN5O2S. The average Bonchev–Trinajstić information content (AvgIpc) is 3.35. The van der Waals surface area contributed by atoms with Gasteiger partial charge >= 0.3 is 0 Å². The van der Waals surface area contributed by atoms with Crippen molar-refractivity contribution in [2.24, 2.45) is 11.7 Å². The minimum absolute atomic E-state index is 0.168. The van der Waals surface area contributed by atoms with Crippen LogP contribution >= 0.6 is 11.3 Å². The van der Waals surface area contributed by atoms with Crippen LogP contribution in [0, 0.1) is 11.7 Å². The number of aromatic nitrogens is 3. The summed E-state index contributed by atoms with van der Waals surface area (Å²) in [6.07, 6.45) is 2.81. The van der Waals surface area contributed by atoms with E-state index in [1.807, 2.05) is 0 Å². The molecular weight excluding hydrogens is 369 g/mol. The van der Waals surface area contributed by atoms with Crippen molar-refractivity contribution < 1.29 is 13.9 Å². The van der Waals surface area contributed by atoms with Gasteiger partial charge in [0.1, 0.15) is 11.6 Å². The SMILES string of the molecule is COc1cc(F)ccc1-c1cnc2sc(N3C[C@@H]4[C@H](C3)OCC[C@@H]4N)nn12. The van der Waals surface area contributed by atoms with E-state index in [2.05, 4.69) is 9.88 Å². The minimum atomic E-state index is -0.341. The maximum atomic E-state index is 13.5. The summed E-state index contributed by atoms with van der Waals surface area (Å²) in [6.45, 7) is 2.37. The summed E-state index contributed by atoms with van der Waals surface area (Å²) in [5, 5.41) is 5.66. The summed E-state index contributed by atoms with van der Waals surface area (Å²) in [5.74, 6) is 0.455. The monoisotopic (exact) mass is 389 g/mol. The molecule has 0 aliphatic carbocycles. The van der Waals surface area contributed by atoms with E-state index in [0.717, 1.165) is 47.5 Å². The number of nitrogens with two attached hydrogens (primary N) is 1. The molecule has 0 radical (unpaired) electrons.